The van der Waals surface area contributed by atoms with Crippen LogP contribution in [0.25, 0.3) is 33.5 Å². The number of ether oxygens (including phenoxy) is 1. The quantitative estimate of drug-likeness (QED) is 0.110. The molecule has 14 heteroatoms. The van der Waals surface area contributed by atoms with Crippen LogP contribution in [0.2, 0.25) is 0 Å². The summed E-state index contributed by atoms with van der Waals surface area (Å²) in [5.74, 6) is 0.230. The fourth-order valence-corrected chi connectivity index (χ4v) is 4.52. The van der Waals surface area contributed by atoms with Crippen LogP contribution in [0, 0.1) is 20.2 Å². The highest BCUT2D eigenvalue weighted by Gasteiger charge is 2.19. The van der Waals surface area contributed by atoms with Crippen molar-refractivity contribution in [1.29, 1.82) is 0 Å². The molecule has 0 aliphatic heterocycles. The van der Waals surface area contributed by atoms with Crippen molar-refractivity contribution in [3.8, 4) is 23.2 Å². The van der Waals surface area contributed by atoms with Crippen LogP contribution < -0.4 is 10.3 Å². The lowest BCUT2D eigenvalue weighted by Gasteiger charge is -2.08. The van der Waals surface area contributed by atoms with Crippen molar-refractivity contribution in [2.24, 2.45) is 5.10 Å². The molecule has 6 aromatic rings. The number of pyridine rings is 1. The predicted octanol–water partition coefficient (Wildman–Crippen LogP) is 6.46. The second-order valence-electron chi connectivity index (χ2n) is 8.80. The fraction of sp³-hybridized carbons (Fsp3) is 0. The van der Waals surface area contributed by atoms with E-state index >= 15 is 0 Å². The minimum Gasteiger partial charge on any atom is -0.453 e. The molecule has 0 aliphatic carbocycles. The highest BCUT2D eigenvalue weighted by atomic mass is 79.9. The topological polar surface area (TPSA) is 169 Å². The lowest BCUT2D eigenvalue weighted by atomic mass is 10.2. The van der Waals surface area contributed by atoms with Gasteiger partial charge in [0.1, 0.15) is 11.8 Å². The maximum Gasteiger partial charge on any atom is 0.312 e. The third-order valence-corrected chi connectivity index (χ3v) is 6.59. The smallest absolute Gasteiger partial charge is 0.312 e. The van der Waals surface area contributed by atoms with E-state index in [1.165, 1.54) is 36.5 Å². The van der Waals surface area contributed by atoms with E-state index in [4.69, 9.17) is 9.15 Å². The van der Waals surface area contributed by atoms with Crippen LogP contribution in [-0.2, 0) is 0 Å². The standard InChI is InChI=1S/C28H15BrN6O7/c29-18-6-9-23-17(12-18)13-25(41-23)27-32-21-4-2-1-3-20(21)28(36)33(27)31-14-16-5-8-24(22(11-16)35(39)40)42-26-10-7-19(15-30-26)34(37)38/h1-15H. The number of rotatable bonds is 7. The molecular formula is C28H15BrN6O7. The molecule has 42 heavy (non-hydrogen) atoms. The van der Waals surface area contributed by atoms with Gasteiger partial charge in [-0.05, 0) is 48.5 Å². The first kappa shape index (κ1) is 26.5. The van der Waals surface area contributed by atoms with E-state index in [1.807, 2.05) is 12.1 Å². The molecule has 3 aromatic heterocycles. The van der Waals surface area contributed by atoms with E-state index < -0.39 is 21.1 Å². The maximum absolute atomic E-state index is 13.5. The maximum atomic E-state index is 13.5. The second-order valence-corrected chi connectivity index (χ2v) is 9.72. The lowest BCUT2D eigenvalue weighted by molar-refractivity contribution is -0.385. The molecule has 13 nitrogen and oxygen atoms in total. The number of para-hydroxylation sites is 1. The van der Waals surface area contributed by atoms with Crippen molar-refractivity contribution in [2.75, 3.05) is 0 Å². The van der Waals surface area contributed by atoms with Crippen LogP contribution in [0.1, 0.15) is 5.56 Å². The molecule has 0 amide bonds. The Morgan fingerprint density at radius 2 is 1.81 bits per heavy atom. The molecule has 0 atom stereocenters. The first-order valence-electron chi connectivity index (χ1n) is 12.1. The molecule has 0 spiro atoms. The molecule has 0 radical (unpaired) electrons. The van der Waals surface area contributed by atoms with Crippen molar-refractivity contribution in [1.82, 2.24) is 14.6 Å². The number of nitro groups is 2. The fourth-order valence-electron chi connectivity index (χ4n) is 4.14. The van der Waals surface area contributed by atoms with Gasteiger partial charge in [0.25, 0.3) is 11.2 Å². The minimum atomic E-state index is -0.653. The molecule has 0 aliphatic rings. The molecule has 206 valence electrons. The predicted molar refractivity (Wildman–Crippen MR) is 156 cm³/mol. The van der Waals surface area contributed by atoms with Crippen LogP contribution in [0.3, 0.4) is 0 Å². The van der Waals surface area contributed by atoms with E-state index in [0.29, 0.717) is 22.2 Å². The molecule has 3 heterocycles. The van der Waals surface area contributed by atoms with Crippen molar-refractivity contribution in [2.45, 2.75) is 0 Å². The summed E-state index contributed by atoms with van der Waals surface area (Å²) in [7, 11) is 0. The van der Waals surface area contributed by atoms with Crippen molar-refractivity contribution >= 4 is 55.4 Å². The molecular weight excluding hydrogens is 612 g/mol. The number of benzene rings is 3. The Hall–Kier alpha value is -5.76. The molecule has 3 aromatic carbocycles. The average Bonchev–Trinajstić information content (AvgIpc) is 3.40. The summed E-state index contributed by atoms with van der Waals surface area (Å²) >= 11 is 3.43. The van der Waals surface area contributed by atoms with Gasteiger partial charge in [0.05, 0.1) is 27.0 Å². The second kappa shape index (κ2) is 10.7. The third-order valence-electron chi connectivity index (χ3n) is 6.10. The summed E-state index contributed by atoms with van der Waals surface area (Å²) in [6, 6.07) is 20.5. The normalized spacial score (nSPS) is 11.4. The van der Waals surface area contributed by atoms with Crippen molar-refractivity contribution in [3.63, 3.8) is 0 Å². The Morgan fingerprint density at radius 3 is 2.57 bits per heavy atom. The molecule has 0 fully saturated rings. The molecule has 0 N–H and O–H groups in total. The van der Waals surface area contributed by atoms with Crippen LogP contribution in [-0.4, -0.2) is 30.7 Å². The molecule has 0 saturated heterocycles. The number of nitrogens with zero attached hydrogens (tertiary/aromatic N) is 6. The molecule has 0 unspecified atom stereocenters. The third kappa shape index (κ3) is 5.09. The monoisotopic (exact) mass is 626 g/mol. The summed E-state index contributed by atoms with van der Waals surface area (Å²) in [4.78, 5) is 43.3. The SMILES string of the molecule is O=c1c2ccccc2nc(-c2cc3cc(Br)ccc3o2)n1N=Cc1ccc(Oc2ccc([N+](=O)[O-])cn2)c([N+](=O)[O-])c1. The van der Waals surface area contributed by atoms with E-state index in [1.54, 1.807) is 36.4 Å². The van der Waals surface area contributed by atoms with E-state index in [9.17, 15) is 25.0 Å². The van der Waals surface area contributed by atoms with Gasteiger partial charge in [-0.25, -0.2) is 9.97 Å². The summed E-state index contributed by atoms with van der Waals surface area (Å²) in [6.07, 6.45) is 2.26. The molecule has 0 bridgehead atoms. The van der Waals surface area contributed by atoms with Gasteiger partial charge in [0, 0.05) is 33.6 Å². The summed E-state index contributed by atoms with van der Waals surface area (Å²) in [5, 5.41) is 28.1. The Balaban J connectivity index is 1.40. The number of halogens is 1. The largest absolute Gasteiger partial charge is 0.453 e. The van der Waals surface area contributed by atoms with E-state index in [2.05, 4.69) is 31.0 Å². The van der Waals surface area contributed by atoms with Gasteiger partial charge in [0.2, 0.25) is 17.5 Å². The Bertz CT molecular complexity index is 2120. The number of fused-ring (bicyclic) bond motifs is 2. The van der Waals surface area contributed by atoms with Crippen LogP contribution in [0.5, 0.6) is 11.6 Å². The van der Waals surface area contributed by atoms with Crippen LogP contribution in [0.4, 0.5) is 11.4 Å². The zero-order valence-electron chi connectivity index (χ0n) is 21.1. The molecule has 6 rings (SSSR count). The van der Waals surface area contributed by atoms with Gasteiger partial charge >= 0.3 is 5.69 Å². The van der Waals surface area contributed by atoms with Gasteiger partial charge in [-0.2, -0.15) is 9.78 Å². The lowest BCUT2D eigenvalue weighted by Crippen LogP contribution is -2.20. The minimum absolute atomic E-state index is 0.0681. The first-order valence-corrected chi connectivity index (χ1v) is 12.9. The number of furan rings is 1. The zero-order valence-corrected chi connectivity index (χ0v) is 22.7. The van der Waals surface area contributed by atoms with Gasteiger partial charge in [-0.15, -0.1) is 0 Å². The van der Waals surface area contributed by atoms with Crippen molar-refractivity contribution < 1.29 is 19.0 Å². The van der Waals surface area contributed by atoms with Crippen LogP contribution >= 0.6 is 15.9 Å². The van der Waals surface area contributed by atoms with E-state index in [0.717, 1.165) is 20.7 Å². The summed E-state index contributed by atoms with van der Waals surface area (Å²) in [6.45, 7) is 0. The van der Waals surface area contributed by atoms with Gasteiger partial charge in [-0.3, -0.25) is 25.0 Å². The highest BCUT2D eigenvalue weighted by Crippen LogP contribution is 2.32. The summed E-state index contributed by atoms with van der Waals surface area (Å²) < 4.78 is 13.4. The Labute approximate surface area is 242 Å². The first-order chi connectivity index (χ1) is 20.3. The average molecular weight is 627 g/mol. The number of hydrogen-bond donors (Lipinski definition) is 0. The number of hydrogen-bond acceptors (Lipinski definition) is 10. The van der Waals surface area contributed by atoms with E-state index in [-0.39, 0.29) is 28.7 Å². The number of nitro benzene ring substituents is 1. The summed E-state index contributed by atoms with van der Waals surface area (Å²) in [5.41, 5.74) is 0.183. The zero-order chi connectivity index (χ0) is 29.4. The van der Waals surface area contributed by atoms with Gasteiger partial charge in [0.15, 0.2) is 5.76 Å². The van der Waals surface area contributed by atoms with Gasteiger partial charge in [-0.1, -0.05) is 28.1 Å². The van der Waals surface area contributed by atoms with Crippen LogP contribution in [0.15, 0.2) is 104 Å². The van der Waals surface area contributed by atoms with Gasteiger partial charge < -0.3 is 9.15 Å². The highest BCUT2D eigenvalue weighted by molar-refractivity contribution is 9.10. The Kier molecular flexibility index (Phi) is 6.72. The van der Waals surface area contributed by atoms with Crippen molar-refractivity contribution in [3.05, 3.63) is 126 Å². The number of aromatic nitrogens is 3. The molecule has 0 saturated carbocycles. The Morgan fingerprint density at radius 1 is 0.976 bits per heavy atom.